The van der Waals surface area contributed by atoms with Crippen molar-refractivity contribution in [2.75, 3.05) is 30.1 Å². The number of carbonyl (C=O) groups is 3. The van der Waals surface area contributed by atoms with Crippen molar-refractivity contribution >= 4 is 29.2 Å². The third kappa shape index (κ3) is 4.79. The van der Waals surface area contributed by atoms with E-state index >= 15 is 0 Å². The number of hydrogen-bond donors (Lipinski definition) is 0. The van der Waals surface area contributed by atoms with Crippen LogP contribution in [0.4, 0.5) is 16.2 Å². The molecule has 1 aliphatic rings. The largest absolute Gasteiger partial charge is 0.497 e. The number of nitrogens with zero attached hydrogens (tertiary/aromatic N) is 2. The second kappa shape index (κ2) is 9.86. The number of benzene rings is 3. The molecule has 8 heteroatoms. The van der Waals surface area contributed by atoms with Crippen LogP contribution in [0.1, 0.15) is 6.42 Å². The van der Waals surface area contributed by atoms with Crippen LogP contribution >= 0.6 is 0 Å². The van der Waals surface area contributed by atoms with Gasteiger partial charge in [-0.1, -0.05) is 30.3 Å². The van der Waals surface area contributed by atoms with E-state index in [1.54, 1.807) is 86.0 Å². The van der Waals surface area contributed by atoms with E-state index in [0.717, 1.165) is 15.5 Å². The molecular weight excluding hydrogens is 424 g/mol. The third-order valence-corrected chi connectivity index (χ3v) is 4.97. The summed E-state index contributed by atoms with van der Waals surface area (Å²) < 4.78 is 16.6. The summed E-state index contributed by atoms with van der Waals surface area (Å²) in [6.45, 7) is 0.428. The second-order valence-corrected chi connectivity index (χ2v) is 7.09. The average Bonchev–Trinajstić information content (AvgIpc) is 2.83. The van der Waals surface area contributed by atoms with E-state index in [1.165, 1.54) is 0 Å². The first kappa shape index (κ1) is 21.9. The zero-order valence-corrected chi connectivity index (χ0v) is 18.0. The molecule has 0 aromatic heterocycles. The Balaban J connectivity index is 1.48. The molecule has 0 N–H and O–H groups in total. The summed E-state index contributed by atoms with van der Waals surface area (Å²) in [5, 5.41) is 0. The van der Waals surface area contributed by atoms with Crippen LogP contribution in [-0.2, 0) is 9.59 Å². The lowest BCUT2D eigenvalue weighted by Crippen LogP contribution is -2.55. The van der Waals surface area contributed by atoms with E-state index in [9.17, 15) is 14.4 Å². The van der Waals surface area contributed by atoms with Crippen LogP contribution in [0, 0.1) is 0 Å². The minimum atomic E-state index is -0.743. The monoisotopic (exact) mass is 446 g/mol. The van der Waals surface area contributed by atoms with Gasteiger partial charge in [-0.25, -0.2) is 14.6 Å². The van der Waals surface area contributed by atoms with Crippen molar-refractivity contribution in [2.45, 2.75) is 6.42 Å². The molecule has 0 radical (unpaired) electrons. The Morgan fingerprint density at radius 1 is 0.697 bits per heavy atom. The van der Waals surface area contributed by atoms with Crippen LogP contribution in [0.2, 0.25) is 0 Å². The maximum Gasteiger partial charge on any atom is 0.342 e. The van der Waals surface area contributed by atoms with Crippen LogP contribution < -0.4 is 24.0 Å². The number of imide groups is 2. The Kier molecular flexibility index (Phi) is 6.54. The van der Waals surface area contributed by atoms with Crippen LogP contribution in [0.5, 0.6) is 17.2 Å². The Labute approximate surface area is 190 Å². The Morgan fingerprint density at radius 3 is 2.03 bits per heavy atom. The lowest BCUT2D eigenvalue weighted by Gasteiger charge is -2.33. The number of amides is 4. The van der Waals surface area contributed by atoms with Gasteiger partial charge < -0.3 is 14.2 Å². The van der Waals surface area contributed by atoms with Gasteiger partial charge in [-0.3, -0.25) is 9.59 Å². The fraction of sp³-hybridized carbons (Fsp3) is 0.160. The topological polar surface area (TPSA) is 85.4 Å². The first-order valence-corrected chi connectivity index (χ1v) is 10.3. The van der Waals surface area contributed by atoms with Gasteiger partial charge in [-0.2, -0.15) is 0 Å². The molecule has 0 atom stereocenters. The maximum atomic E-state index is 13.2. The molecule has 1 aliphatic heterocycles. The molecule has 1 saturated heterocycles. The van der Waals surface area contributed by atoms with Gasteiger partial charge in [-0.15, -0.1) is 0 Å². The molecule has 1 heterocycles. The third-order valence-electron chi connectivity index (χ3n) is 4.97. The number of para-hydroxylation sites is 3. The molecule has 0 bridgehead atoms. The van der Waals surface area contributed by atoms with E-state index < -0.39 is 24.3 Å². The molecule has 0 spiro atoms. The number of barbiturate groups is 1. The Hall–Kier alpha value is -4.33. The molecule has 168 valence electrons. The van der Waals surface area contributed by atoms with Gasteiger partial charge in [0.2, 0.25) is 11.8 Å². The van der Waals surface area contributed by atoms with E-state index in [1.807, 2.05) is 0 Å². The minimum absolute atomic E-state index is 0.181. The predicted molar refractivity (Wildman–Crippen MR) is 122 cm³/mol. The zero-order chi connectivity index (χ0) is 23.2. The quantitative estimate of drug-likeness (QED) is 0.384. The molecule has 33 heavy (non-hydrogen) atoms. The zero-order valence-electron chi connectivity index (χ0n) is 18.0. The number of rotatable bonds is 8. The van der Waals surface area contributed by atoms with Crippen LogP contribution in [0.3, 0.4) is 0 Å². The van der Waals surface area contributed by atoms with Crippen molar-refractivity contribution in [3.8, 4) is 17.2 Å². The van der Waals surface area contributed by atoms with E-state index in [0.29, 0.717) is 17.2 Å². The van der Waals surface area contributed by atoms with E-state index in [-0.39, 0.29) is 18.9 Å². The number of anilines is 2. The van der Waals surface area contributed by atoms with E-state index in [2.05, 4.69) is 0 Å². The maximum absolute atomic E-state index is 13.2. The van der Waals surface area contributed by atoms with Crippen molar-refractivity contribution < 1.29 is 28.6 Å². The van der Waals surface area contributed by atoms with Crippen molar-refractivity contribution in [1.82, 2.24) is 0 Å². The van der Waals surface area contributed by atoms with Crippen LogP contribution in [-0.4, -0.2) is 38.2 Å². The standard InChI is InChI=1S/C25H22N2O6/c1-31-19-11-13-20(14-12-19)32-15-16-33-22-10-6-5-9-21(22)27-24(29)17-23(28)26(25(27)30)18-7-3-2-4-8-18/h2-14H,15-17H2,1H3. The fourth-order valence-corrected chi connectivity index (χ4v) is 3.42. The summed E-state index contributed by atoms with van der Waals surface area (Å²) in [5.74, 6) is 0.541. The summed E-state index contributed by atoms with van der Waals surface area (Å²) in [6, 6.07) is 21.6. The second-order valence-electron chi connectivity index (χ2n) is 7.09. The fourth-order valence-electron chi connectivity index (χ4n) is 3.42. The number of hydrogen-bond acceptors (Lipinski definition) is 6. The SMILES string of the molecule is COc1ccc(OCCOc2ccccc2N2C(=O)CC(=O)N(c3ccccc3)C2=O)cc1. The summed E-state index contributed by atoms with van der Waals surface area (Å²) in [7, 11) is 1.59. The highest BCUT2D eigenvalue weighted by Crippen LogP contribution is 2.33. The summed E-state index contributed by atoms with van der Waals surface area (Å²) in [4.78, 5) is 40.3. The van der Waals surface area contributed by atoms with E-state index in [4.69, 9.17) is 14.2 Å². The first-order chi connectivity index (χ1) is 16.1. The summed E-state index contributed by atoms with van der Waals surface area (Å²) in [5.41, 5.74) is 0.668. The van der Waals surface area contributed by atoms with Gasteiger partial charge in [0.25, 0.3) is 0 Å². The van der Waals surface area contributed by atoms with Gasteiger partial charge in [-0.05, 0) is 48.5 Å². The lowest BCUT2D eigenvalue weighted by molar-refractivity contribution is -0.126. The smallest absolute Gasteiger partial charge is 0.342 e. The van der Waals surface area contributed by atoms with Gasteiger partial charge in [0.1, 0.15) is 36.9 Å². The number of carbonyl (C=O) groups excluding carboxylic acids is 3. The molecule has 0 unspecified atom stereocenters. The van der Waals surface area contributed by atoms with Gasteiger partial charge in [0, 0.05) is 0 Å². The molecule has 1 fully saturated rings. The summed E-state index contributed by atoms with van der Waals surface area (Å²) in [6.07, 6.45) is -0.421. The van der Waals surface area contributed by atoms with Crippen molar-refractivity contribution in [3.63, 3.8) is 0 Å². The van der Waals surface area contributed by atoms with Crippen molar-refractivity contribution in [2.24, 2.45) is 0 Å². The predicted octanol–water partition coefficient (Wildman–Crippen LogP) is 4.04. The number of urea groups is 1. The van der Waals surface area contributed by atoms with Crippen LogP contribution in [0.25, 0.3) is 0 Å². The summed E-state index contributed by atoms with van der Waals surface area (Å²) >= 11 is 0. The molecule has 0 aliphatic carbocycles. The lowest BCUT2D eigenvalue weighted by atomic mass is 10.2. The molecule has 4 amide bonds. The Morgan fingerprint density at radius 2 is 1.30 bits per heavy atom. The molecule has 8 nitrogen and oxygen atoms in total. The highest BCUT2D eigenvalue weighted by molar-refractivity contribution is 6.35. The van der Waals surface area contributed by atoms with Gasteiger partial charge in [0.15, 0.2) is 0 Å². The molecule has 3 aromatic carbocycles. The first-order valence-electron chi connectivity index (χ1n) is 10.3. The number of ether oxygens (including phenoxy) is 3. The highest BCUT2D eigenvalue weighted by Gasteiger charge is 2.40. The normalized spacial score (nSPS) is 13.8. The number of methoxy groups -OCH3 is 1. The van der Waals surface area contributed by atoms with Crippen LogP contribution in [0.15, 0.2) is 78.9 Å². The molecule has 3 aromatic rings. The van der Waals surface area contributed by atoms with Gasteiger partial charge in [0.05, 0.1) is 18.5 Å². The van der Waals surface area contributed by atoms with Crippen molar-refractivity contribution in [3.05, 3.63) is 78.9 Å². The van der Waals surface area contributed by atoms with Crippen molar-refractivity contribution in [1.29, 1.82) is 0 Å². The molecule has 4 rings (SSSR count). The molecular formula is C25H22N2O6. The minimum Gasteiger partial charge on any atom is -0.497 e. The van der Waals surface area contributed by atoms with Gasteiger partial charge >= 0.3 is 6.03 Å². The Bertz CT molecular complexity index is 1150. The molecule has 0 saturated carbocycles. The average molecular weight is 446 g/mol. The highest BCUT2D eigenvalue weighted by atomic mass is 16.5.